The van der Waals surface area contributed by atoms with Gasteiger partial charge in [-0.2, -0.15) is 14.9 Å². The van der Waals surface area contributed by atoms with Crippen molar-refractivity contribution in [2.24, 2.45) is 5.10 Å². The molecule has 1 aliphatic carbocycles. The summed E-state index contributed by atoms with van der Waals surface area (Å²) >= 11 is 5.26. The molecule has 0 saturated heterocycles. The van der Waals surface area contributed by atoms with Gasteiger partial charge in [-0.15, -0.1) is 0 Å². The number of H-pyrrole nitrogens is 1. The molecular weight excluding hydrogens is 324 g/mol. The molecule has 1 saturated carbocycles. The first-order valence-corrected chi connectivity index (χ1v) is 8.75. The Kier molecular flexibility index (Phi) is 5.30. The van der Waals surface area contributed by atoms with E-state index in [2.05, 4.69) is 22.2 Å². The van der Waals surface area contributed by atoms with Crippen LogP contribution < -0.4 is 9.47 Å². The third-order valence-corrected chi connectivity index (χ3v) is 3.93. The fraction of sp³-hybridized carbons (Fsp3) is 0.471. The van der Waals surface area contributed by atoms with E-state index in [9.17, 15) is 0 Å². The van der Waals surface area contributed by atoms with E-state index in [1.807, 2.05) is 25.1 Å². The van der Waals surface area contributed by atoms with Crippen LogP contribution in [0.1, 0.15) is 50.4 Å². The van der Waals surface area contributed by atoms with Gasteiger partial charge in [0.05, 0.1) is 19.4 Å². The molecule has 0 bridgehead atoms. The number of nitrogens with one attached hydrogen (secondary N) is 1. The normalized spacial score (nSPS) is 14.2. The van der Waals surface area contributed by atoms with E-state index in [1.165, 1.54) is 0 Å². The minimum atomic E-state index is 0.471. The minimum Gasteiger partial charge on any atom is -0.490 e. The maximum absolute atomic E-state index is 5.72. The van der Waals surface area contributed by atoms with Crippen LogP contribution in [0.15, 0.2) is 23.3 Å². The lowest BCUT2D eigenvalue weighted by Crippen LogP contribution is -2.01. The van der Waals surface area contributed by atoms with Gasteiger partial charge in [0.15, 0.2) is 17.3 Å². The zero-order valence-corrected chi connectivity index (χ0v) is 14.8. The number of hydrogen-bond acceptors (Lipinski definition) is 5. The molecule has 128 valence electrons. The van der Waals surface area contributed by atoms with Gasteiger partial charge >= 0.3 is 0 Å². The van der Waals surface area contributed by atoms with Crippen molar-refractivity contribution in [3.63, 3.8) is 0 Å². The van der Waals surface area contributed by atoms with Crippen molar-refractivity contribution in [3.05, 3.63) is 34.4 Å². The van der Waals surface area contributed by atoms with E-state index in [0.717, 1.165) is 42.1 Å². The Morgan fingerprint density at radius 3 is 2.88 bits per heavy atom. The highest BCUT2D eigenvalue weighted by Gasteiger charge is 2.29. The summed E-state index contributed by atoms with van der Waals surface area (Å²) < 4.78 is 13.6. The van der Waals surface area contributed by atoms with Gasteiger partial charge in [0.1, 0.15) is 0 Å². The Hall–Kier alpha value is -2.15. The molecule has 1 aromatic heterocycles. The van der Waals surface area contributed by atoms with Crippen LogP contribution >= 0.6 is 12.2 Å². The Morgan fingerprint density at radius 2 is 2.17 bits per heavy atom. The molecule has 1 aromatic carbocycles. The predicted molar refractivity (Wildman–Crippen MR) is 95.8 cm³/mol. The molecule has 3 rings (SSSR count). The molecule has 6 nitrogen and oxygen atoms in total. The number of ether oxygens (including phenoxy) is 2. The molecule has 7 heteroatoms. The van der Waals surface area contributed by atoms with Crippen molar-refractivity contribution in [3.8, 4) is 11.5 Å². The molecule has 24 heavy (non-hydrogen) atoms. The zero-order chi connectivity index (χ0) is 16.9. The molecular formula is C17H22N4O2S. The summed E-state index contributed by atoms with van der Waals surface area (Å²) in [5.41, 5.74) is 0.923. The fourth-order valence-corrected chi connectivity index (χ4v) is 2.54. The summed E-state index contributed by atoms with van der Waals surface area (Å²) in [4.78, 5) is 0. The van der Waals surface area contributed by atoms with E-state index in [4.69, 9.17) is 21.7 Å². The number of rotatable bonds is 8. The van der Waals surface area contributed by atoms with Crippen LogP contribution in [0, 0.1) is 4.77 Å². The van der Waals surface area contributed by atoms with Crippen LogP contribution in [-0.4, -0.2) is 34.3 Å². The summed E-state index contributed by atoms with van der Waals surface area (Å²) in [6.07, 6.45) is 5.01. The van der Waals surface area contributed by atoms with Gasteiger partial charge in [-0.1, -0.05) is 6.92 Å². The second kappa shape index (κ2) is 7.61. The summed E-state index contributed by atoms with van der Waals surface area (Å²) in [6, 6.07) is 5.80. The first-order chi connectivity index (χ1) is 11.7. The van der Waals surface area contributed by atoms with Crippen LogP contribution in [0.4, 0.5) is 0 Å². The molecule has 2 aromatic rings. The summed E-state index contributed by atoms with van der Waals surface area (Å²) in [6.45, 7) is 5.29. The van der Waals surface area contributed by atoms with Gasteiger partial charge in [0, 0.05) is 5.92 Å². The van der Waals surface area contributed by atoms with E-state index in [-0.39, 0.29) is 0 Å². The van der Waals surface area contributed by atoms with Crippen molar-refractivity contribution >= 4 is 18.4 Å². The first kappa shape index (κ1) is 16.7. The molecule has 0 amide bonds. The van der Waals surface area contributed by atoms with Crippen molar-refractivity contribution in [1.82, 2.24) is 14.9 Å². The monoisotopic (exact) mass is 346 g/mol. The van der Waals surface area contributed by atoms with Crippen molar-refractivity contribution < 1.29 is 9.47 Å². The average molecular weight is 346 g/mol. The zero-order valence-electron chi connectivity index (χ0n) is 14.0. The number of aromatic nitrogens is 3. The topological polar surface area (TPSA) is 64.4 Å². The molecule has 0 atom stereocenters. The summed E-state index contributed by atoms with van der Waals surface area (Å²) in [5, 5.41) is 11.6. The molecule has 0 spiro atoms. The van der Waals surface area contributed by atoms with Crippen molar-refractivity contribution in [1.29, 1.82) is 0 Å². The van der Waals surface area contributed by atoms with Crippen LogP contribution in [0.3, 0.4) is 0 Å². The van der Waals surface area contributed by atoms with Crippen LogP contribution in [0.2, 0.25) is 0 Å². The molecule has 1 N–H and O–H groups in total. The van der Waals surface area contributed by atoms with Gasteiger partial charge in [-0.3, -0.25) is 5.10 Å². The van der Waals surface area contributed by atoms with Crippen LogP contribution in [-0.2, 0) is 0 Å². The van der Waals surface area contributed by atoms with E-state index < -0.39 is 0 Å². The van der Waals surface area contributed by atoms with Crippen LogP contribution in [0.25, 0.3) is 0 Å². The highest BCUT2D eigenvalue weighted by molar-refractivity contribution is 7.71. The number of aromatic amines is 1. The second-order valence-electron chi connectivity index (χ2n) is 5.71. The fourth-order valence-electron chi connectivity index (χ4n) is 2.35. The van der Waals surface area contributed by atoms with Gasteiger partial charge < -0.3 is 9.47 Å². The summed E-state index contributed by atoms with van der Waals surface area (Å²) in [7, 11) is 0. The van der Waals surface area contributed by atoms with E-state index in [1.54, 1.807) is 10.9 Å². The average Bonchev–Trinajstić information content (AvgIpc) is 3.36. The van der Waals surface area contributed by atoms with Crippen molar-refractivity contribution in [2.75, 3.05) is 13.2 Å². The Morgan fingerprint density at radius 1 is 1.33 bits per heavy atom. The van der Waals surface area contributed by atoms with E-state index >= 15 is 0 Å². The molecule has 1 heterocycles. The summed E-state index contributed by atoms with van der Waals surface area (Å²) in [5.74, 6) is 2.87. The third-order valence-electron chi connectivity index (χ3n) is 3.67. The second-order valence-corrected chi connectivity index (χ2v) is 6.09. The Bertz CT molecular complexity index is 777. The Balaban J connectivity index is 1.83. The van der Waals surface area contributed by atoms with Gasteiger partial charge in [0.25, 0.3) is 0 Å². The standard InChI is InChI=1S/C17H22N4O2S/c1-3-9-23-14-8-5-12(10-15(14)22-4-2)11-18-21-16(13-6-7-13)19-20-17(21)24/h5,8,10-11,13H,3-4,6-7,9H2,1-2H3,(H,20,24)/b18-11-. The third kappa shape index (κ3) is 3.84. The van der Waals surface area contributed by atoms with Gasteiger partial charge in [0.2, 0.25) is 4.77 Å². The number of benzene rings is 1. The number of hydrogen-bond donors (Lipinski definition) is 1. The lowest BCUT2D eigenvalue weighted by atomic mass is 10.2. The first-order valence-electron chi connectivity index (χ1n) is 8.34. The highest BCUT2D eigenvalue weighted by Crippen LogP contribution is 2.38. The van der Waals surface area contributed by atoms with E-state index in [0.29, 0.717) is 23.9 Å². The smallest absolute Gasteiger partial charge is 0.216 e. The number of nitrogens with zero attached hydrogens (tertiary/aromatic N) is 3. The Labute approximate surface area is 146 Å². The molecule has 0 aliphatic heterocycles. The van der Waals surface area contributed by atoms with Crippen LogP contribution in [0.5, 0.6) is 11.5 Å². The highest BCUT2D eigenvalue weighted by atomic mass is 32.1. The minimum absolute atomic E-state index is 0.471. The quantitative estimate of drug-likeness (QED) is 0.582. The lowest BCUT2D eigenvalue weighted by molar-refractivity contribution is 0.277. The molecule has 0 unspecified atom stereocenters. The SMILES string of the molecule is CCCOc1ccc(/C=N\n2c(C3CC3)n[nH]c2=S)cc1OCC. The maximum atomic E-state index is 5.72. The lowest BCUT2D eigenvalue weighted by Gasteiger charge is -2.11. The molecule has 1 aliphatic rings. The predicted octanol–water partition coefficient (Wildman–Crippen LogP) is 3.89. The van der Waals surface area contributed by atoms with Crippen molar-refractivity contribution in [2.45, 2.75) is 39.0 Å². The largest absolute Gasteiger partial charge is 0.490 e. The molecule has 1 fully saturated rings. The van der Waals surface area contributed by atoms with Gasteiger partial charge in [-0.05, 0) is 62.2 Å². The molecule has 0 radical (unpaired) electrons. The van der Waals surface area contributed by atoms with Gasteiger partial charge in [-0.25, -0.2) is 0 Å². The maximum Gasteiger partial charge on any atom is 0.216 e.